The lowest BCUT2D eigenvalue weighted by atomic mass is 9.93. The summed E-state index contributed by atoms with van der Waals surface area (Å²) in [6, 6.07) is 4.80. The summed E-state index contributed by atoms with van der Waals surface area (Å²) in [7, 11) is 0. The Balaban J connectivity index is 2.19. The molecule has 3 unspecified atom stereocenters. The van der Waals surface area contributed by atoms with Crippen LogP contribution in [0.4, 0.5) is 5.82 Å². The van der Waals surface area contributed by atoms with Crippen molar-refractivity contribution in [2.75, 3.05) is 11.4 Å². The van der Waals surface area contributed by atoms with E-state index in [1.165, 1.54) is 18.4 Å². The van der Waals surface area contributed by atoms with Crippen molar-refractivity contribution in [3.8, 4) is 0 Å². The molecule has 0 bridgehead atoms. The maximum absolute atomic E-state index is 5.92. The summed E-state index contributed by atoms with van der Waals surface area (Å²) < 4.78 is 0. The van der Waals surface area contributed by atoms with Gasteiger partial charge in [-0.1, -0.05) is 6.92 Å². The standard InChI is InChI=1S/C14H23N3/c1-10-5-7-17(11(2)8-10)14-9-13(12(3)15)4-6-16-14/h4,6,9-12H,5,7-8,15H2,1-3H3. The van der Waals surface area contributed by atoms with Gasteiger partial charge in [-0.05, 0) is 50.3 Å². The fraction of sp³-hybridized carbons (Fsp3) is 0.643. The first kappa shape index (κ1) is 12.4. The third-order valence-corrected chi connectivity index (χ3v) is 3.73. The van der Waals surface area contributed by atoms with E-state index in [1.807, 2.05) is 19.2 Å². The highest BCUT2D eigenvalue weighted by Crippen LogP contribution is 2.27. The number of rotatable bonds is 2. The van der Waals surface area contributed by atoms with E-state index < -0.39 is 0 Å². The molecule has 2 heterocycles. The highest BCUT2D eigenvalue weighted by Gasteiger charge is 2.23. The van der Waals surface area contributed by atoms with Crippen LogP contribution >= 0.6 is 0 Å². The largest absolute Gasteiger partial charge is 0.354 e. The van der Waals surface area contributed by atoms with E-state index in [0.717, 1.165) is 18.3 Å². The van der Waals surface area contributed by atoms with E-state index in [1.54, 1.807) is 0 Å². The first-order chi connectivity index (χ1) is 8.08. The minimum atomic E-state index is 0.0794. The van der Waals surface area contributed by atoms with Crippen LogP contribution in [0.2, 0.25) is 0 Å². The summed E-state index contributed by atoms with van der Waals surface area (Å²) in [5, 5.41) is 0. The Morgan fingerprint density at radius 2 is 2.24 bits per heavy atom. The molecule has 1 saturated heterocycles. The molecule has 1 aliphatic rings. The van der Waals surface area contributed by atoms with Gasteiger partial charge in [-0.2, -0.15) is 0 Å². The molecule has 1 fully saturated rings. The van der Waals surface area contributed by atoms with Crippen molar-refractivity contribution in [3.05, 3.63) is 23.9 Å². The molecule has 17 heavy (non-hydrogen) atoms. The van der Waals surface area contributed by atoms with Crippen molar-refractivity contribution in [1.29, 1.82) is 0 Å². The first-order valence-electron chi connectivity index (χ1n) is 6.56. The summed E-state index contributed by atoms with van der Waals surface area (Å²) in [4.78, 5) is 6.90. The van der Waals surface area contributed by atoms with E-state index in [2.05, 4.69) is 29.8 Å². The molecule has 2 N–H and O–H groups in total. The lowest BCUT2D eigenvalue weighted by Crippen LogP contribution is -2.40. The number of hydrogen-bond acceptors (Lipinski definition) is 3. The number of piperidine rings is 1. The molecule has 0 amide bonds. The Morgan fingerprint density at radius 1 is 1.47 bits per heavy atom. The van der Waals surface area contributed by atoms with E-state index in [9.17, 15) is 0 Å². The molecule has 0 aliphatic carbocycles. The van der Waals surface area contributed by atoms with Crippen LogP contribution in [0, 0.1) is 5.92 Å². The zero-order valence-corrected chi connectivity index (χ0v) is 11.1. The van der Waals surface area contributed by atoms with Crippen LogP contribution in [0.15, 0.2) is 18.3 Å². The highest BCUT2D eigenvalue weighted by molar-refractivity contribution is 5.43. The van der Waals surface area contributed by atoms with E-state index >= 15 is 0 Å². The van der Waals surface area contributed by atoms with Gasteiger partial charge in [0.1, 0.15) is 5.82 Å². The molecule has 3 heteroatoms. The fourth-order valence-corrected chi connectivity index (χ4v) is 2.62. The Hall–Kier alpha value is -1.09. The fourth-order valence-electron chi connectivity index (χ4n) is 2.62. The average Bonchev–Trinajstić information content (AvgIpc) is 2.29. The number of anilines is 1. The lowest BCUT2D eigenvalue weighted by Gasteiger charge is -2.37. The van der Waals surface area contributed by atoms with Crippen LogP contribution in [0.3, 0.4) is 0 Å². The van der Waals surface area contributed by atoms with Gasteiger partial charge in [0, 0.05) is 24.8 Å². The van der Waals surface area contributed by atoms with Crippen molar-refractivity contribution < 1.29 is 0 Å². The molecular weight excluding hydrogens is 210 g/mol. The van der Waals surface area contributed by atoms with Gasteiger partial charge < -0.3 is 10.6 Å². The first-order valence-corrected chi connectivity index (χ1v) is 6.56. The Kier molecular flexibility index (Phi) is 3.67. The summed E-state index contributed by atoms with van der Waals surface area (Å²) >= 11 is 0. The van der Waals surface area contributed by atoms with Gasteiger partial charge in [0.05, 0.1) is 0 Å². The predicted octanol–water partition coefficient (Wildman–Crippen LogP) is 2.73. The van der Waals surface area contributed by atoms with Crippen LogP contribution in [0.5, 0.6) is 0 Å². The molecule has 0 radical (unpaired) electrons. The van der Waals surface area contributed by atoms with E-state index in [0.29, 0.717) is 6.04 Å². The van der Waals surface area contributed by atoms with Crippen molar-refractivity contribution in [1.82, 2.24) is 4.98 Å². The number of pyridine rings is 1. The lowest BCUT2D eigenvalue weighted by molar-refractivity contribution is 0.376. The van der Waals surface area contributed by atoms with Crippen molar-refractivity contribution in [3.63, 3.8) is 0 Å². The predicted molar refractivity (Wildman–Crippen MR) is 72.0 cm³/mol. The summed E-state index contributed by atoms with van der Waals surface area (Å²) in [6.45, 7) is 7.74. The van der Waals surface area contributed by atoms with Crippen molar-refractivity contribution in [2.24, 2.45) is 11.7 Å². The zero-order valence-electron chi connectivity index (χ0n) is 11.1. The maximum atomic E-state index is 5.92. The maximum Gasteiger partial charge on any atom is 0.129 e. The second-order valence-electron chi connectivity index (χ2n) is 5.41. The second-order valence-corrected chi connectivity index (χ2v) is 5.41. The highest BCUT2D eigenvalue weighted by atomic mass is 15.2. The van der Waals surface area contributed by atoms with Crippen molar-refractivity contribution >= 4 is 5.82 Å². The van der Waals surface area contributed by atoms with Gasteiger partial charge in [0.15, 0.2) is 0 Å². The molecule has 1 aromatic heterocycles. The number of aromatic nitrogens is 1. The van der Waals surface area contributed by atoms with Gasteiger partial charge in [-0.3, -0.25) is 0 Å². The monoisotopic (exact) mass is 233 g/mol. The van der Waals surface area contributed by atoms with Crippen LogP contribution < -0.4 is 10.6 Å². The number of hydrogen-bond donors (Lipinski definition) is 1. The van der Waals surface area contributed by atoms with E-state index in [4.69, 9.17) is 5.73 Å². The summed E-state index contributed by atoms with van der Waals surface area (Å²) in [6.07, 6.45) is 4.39. The molecule has 3 atom stereocenters. The molecule has 2 rings (SSSR count). The van der Waals surface area contributed by atoms with Crippen LogP contribution in [-0.2, 0) is 0 Å². The van der Waals surface area contributed by atoms with E-state index in [-0.39, 0.29) is 6.04 Å². The molecule has 1 aliphatic heterocycles. The Bertz CT molecular complexity index is 375. The minimum Gasteiger partial charge on any atom is -0.354 e. The second kappa shape index (κ2) is 5.05. The molecule has 0 spiro atoms. The normalized spacial score (nSPS) is 26.9. The van der Waals surface area contributed by atoms with Gasteiger partial charge >= 0.3 is 0 Å². The number of nitrogens with two attached hydrogens (primary N) is 1. The number of nitrogens with zero attached hydrogens (tertiary/aromatic N) is 2. The third kappa shape index (κ3) is 2.78. The Labute approximate surface area is 104 Å². The van der Waals surface area contributed by atoms with Crippen LogP contribution in [-0.4, -0.2) is 17.6 Å². The van der Waals surface area contributed by atoms with Crippen LogP contribution in [0.25, 0.3) is 0 Å². The molecular formula is C14H23N3. The summed E-state index contributed by atoms with van der Waals surface area (Å²) in [5.74, 6) is 1.91. The quantitative estimate of drug-likeness (QED) is 0.854. The van der Waals surface area contributed by atoms with Gasteiger partial charge in [0.2, 0.25) is 0 Å². The van der Waals surface area contributed by atoms with Crippen molar-refractivity contribution in [2.45, 2.75) is 45.7 Å². The molecule has 3 nitrogen and oxygen atoms in total. The van der Waals surface area contributed by atoms with Crippen LogP contribution in [0.1, 0.15) is 45.2 Å². The zero-order chi connectivity index (χ0) is 12.4. The molecule has 94 valence electrons. The molecule has 0 aromatic carbocycles. The molecule has 0 saturated carbocycles. The van der Waals surface area contributed by atoms with Gasteiger partial charge in [-0.25, -0.2) is 4.98 Å². The molecule has 1 aromatic rings. The minimum absolute atomic E-state index is 0.0794. The Morgan fingerprint density at radius 3 is 2.88 bits per heavy atom. The van der Waals surface area contributed by atoms with Gasteiger partial charge in [-0.15, -0.1) is 0 Å². The SMILES string of the molecule is CC1CCN(c2cc(C(C)N)ccn2)C(C)C1. The third-order valence-electron chi connectivity index (χ3n) is 3.73. The average molecular weight is 233 g/mol. The topological polar surface area (TPSA) is 42.1 Å². The van der Waals surface area contributed by atoms with Gasteiger partial charge in [0.25, 0.3) is 0 Å². The summed E-state index contributed by atoms with van der Waals surface area (Å²) in [5.41, 5.74) is 7.09. The smallest absolute Gasteiger partial charge is 0.129 e.